The number of urea groups is 1. The molecule has 108 valence electrons. The molecule has 20 heavy (non-hydrogen) atoms. The zero-order valence-electron chi connectivity index (χ0n) is 11.1. The van der Waals surface area contributed by atoms with Gasteiger partial charge in [0.05, 0.1) is 18.3 Å². The van der Waals surface area contributed by atoms with Gasteiger partial charge in [0, 0.05) is 18.7 Å². The van der Waals surface area contributed by atoms with Crippen molar-refractivity contribution in [2.24, 2.45) is 0 Å². The third-order valence-electron chi connectivity index (χ3n) is 3.19. The third-order valence-corrected chi connectivity index (χ3v) is 3.19. The Balaban J connectivity index is 1.96. The van der Waals surface area contributed by atoms with Crippen molar-refractivity contribution in [3.63, 3.8) is 0 Å². The predicted octanol–water partition coefficient (Wildman–Crippen LogP) is 0.119. The fourth-order valence-electron chi connectivity index (χ4n) is 2.24. The molecular weight excluding hydrogens is 262 g/mol. The predicted molar refractivity (Wildman–Crippen MR) is 70.0 cm³/mol. The Hall–Kier alpha value is -2.15. The van der Waals surface area contributed by atoms with Gasteiger partial charge in [-0.3, -0.25) is 4.98 Å². The highest BCUT2D eigenvalue weighted by atomic mass is 16.4. The van der Waals surface area contributed by atoms with Crippen LogP contribution >= 0.6 is 0 Å². The zero-order valence-corrected chi connectivity index (χ0v) is 11.1. The number of hydrogen-bond donors (Lipinski definition) is 3. The van der Waals surface area contributed by atoms with Gasteiger partial charge in [-0.05, 0) is 19.1 Å². The molecule has 0 aromatic carbocycles. The molecule has 0 aliphatic carbocycles. The number of β-amino-alcohol motifs (C(OH)–C–C–N with tert-alkyl or cyclic N) is 1. The van der Waals surface area contributed by atoms with E-state index in [4.69, 9.17) is 5.11 Å². The number of aliphatic hydroxyl groups is 1. The molecule has 1 aromatic heterocycles. The number of carbonyl (C=O) groups excluding carboxylic acids is 1. The normalized spacial score (nSPS) is 21.8. The number of hydrogen-bond acceptors (Lipinski definition) is 4. The lowest BCUT2D eigenvalue weighted by Crippen LogP contribution is -2.46. The highest BCUT2D eigenvalue weighted by Crippen LogP contribution is 2.18. The summed E-state index contributed by atoms with van der Waals surface area (Å²) in [5, 5.41) is 21.1. The van der Waals surface area contributed by atoms with Crippen molar-refractivity contribution >= 4 is 12.0 Å². The van der Waals surface area contributed by atoms with Gasteiger partial charge < -0.3 is 20.4 Å². The second kappa shape index (κ2) is 5.87. The van der Waals surface area contributed by atoms with E-state index in [1.165, 1.54) is 0 Å². The van der Waals surface area contributed by atoms with E-state index in [2.05, 4.69) is 10.3 Å². The van der Waals surface area contributed by atoms with E-state index in [-0.39, 0.29) is 19.5 Å². The minimum atomic E-state index is -1.11. The summed E-state index contributed by atoms with van der Waals surface area (Å²) >= 11 is 0. The third kappa shape index (κ3) is 3.24. The molecule has 2 amide bonds. The van der Waals surface area contributed by atoms with E-state index in [1.54, 1.807) is 6.07 Å². The van der Waals surface area contributed by atoms with E-state index >= 15 is 0 Å². The van der Waals surface area contributed by atoms with Crippen LogP contribution in [-0.4, -0.2) is 50.8 Å². The molecular formula is C13H17N3O4. The molecule has 0 saturated carbocycles. The van der Waals surface area contributed by atoms with Crippen molar-refractivity contribution in [2.45, 2.75) is 32.0 Å². The quantitative estimate of drug-likeness (QED) is 0.729. The van der Waals surface area contributed by atoms with Crippen LogP contribution in [0, 0.1) is 6.92 Å². The van der Waals surface area contributed by atoms with E-state index in [0.717, 1.165) is 10.6 Å². The number of nitrogens with zero attached hydrogens (tertiary/aromatic N) is 2. The molecule has 1 saturated heterocycles. The average molecular weight is 279 g/mol. The summed E-state index contributed by atoms with van der Waals surface area (Å²) in [7, 11) is 0. The standard InChI is InChI=1S/C13H17N3O4/c1-8-3-2-4-9(15-8)6-14-13(20)16-7-10(17)5-11(16)12(18)19/h2-4,10-11,17H,5-7H2,1H3,(H,14,20)(H,18,19)/t10-,11-/m1/s1. The summed E-state index contributed by atoms with van der Waals surface area (Å²) in [5.74, 6) is -1.11. The summed E-state index contributed by atoms with van der Waals surface area (Å²) in [6.45, 7) is 2.10. The first-order chi connectivity index (χ1) is 9.47. The summed E-state index contributed by atoms with van der Waals surface area (Å²) < 4.78 is 0. The lowest BCUT2D eigenvalue weighted by molar-refractivity contribution is -0.141. The van der Waals surface area contributed by atoms with Gasteiger partial charge in [-0.1, -0.05) is 6.07 Å². The summed E-state index contributed by atoms with van der Waals surface area (Å²) in [6.07, 6.45) is -0.732. The van der Waals surface area contributed by atoms with Gasteiger partial charge in [0.1, 0.15) is 6.04 Å². The van der Waals surface area contributed by atoms with E-state index in [9.17, 15) is 14.7 Å². The molecule has 0 radical (unpaired) electrons. The monoisotopic (exact) mass is 279 g/mol. The Morgan fingerprint density at radius 2 is 2.25 bits per heavy atom. The fraction of sp³-hybridized carbons (Fsp3) is 0.462. The molecule has 0 bridgehead atoms. The Morgan fingerprint density at radius 1 is 1.50 bits per heavy atom. The van der Waals surface area contributed by atoms with Crippen LogP contribution in [0.1, 0.15) is 17.8 Å². The van der Waals surface area contributed by atoms with Crippen LogP contribution in [0.25, 0.3) is 0 Å². The number of rotatable bonds is 3. The summed E-state index contributed by atoms with van der Waals surface area (Å²) in [5.41, 5.74) is 1.54. The van der Waals surface area contributed by atoms with Crippen LogP contribution < -0.4 is 5.32 Å². The van der Waals surface area contributed by atoms with Gasteiger partial charge in [-0.25, -0.2) is 9.59 Å². The van der Waals surface area contributed by atoms with Crippen LogP contribution in [-0.2, 0) is 11.3 Å². The van der Waals surface area contributed by atoms with Gasteiger partial charge in [0.2, 0.25) is 0 Å². The summed E-state index contributed by atoms with van der Waals surface area (Å²) in [6, 6.07) is 3.99. The maximum absolute atomic E-state index is 12.0. The van der Waals surface area contributed by atoms with Crippen molar-refractivity contribution in [1.29, 1.82) is 0 Å². The Bertz CT molecular complexity index is 520. The van der Waals surface area contributed by atoms with Crippen molar-refractivity contribution < 1.29 is 19.8 Å². The minimum absolute atomic E-state index is 0.0318. The molecule has 7 nitrogen and oxygen atoms in total. The van der Waals surface area contributed by atoms with Crippen molar-refractivity contribution in [3.8, 4) is 0 Å². The lowest BCUT2D eigenvalue weighted by atomic mass is 10.2. The minimum Gasteiger partial charge on any atom is -0.480 e. The van der Waals surface area contributed by atoms with Gasteiger partial charge in [0.15, 0.2) is 0 Å². The number of carboxylic acid groups (broad SMARTS) is 1. The van der Waals surface area contributed by atoms with E-state index in [1.807, 2.05) is 19.1 Å². The molecule has 0 spiro atoms. The molecule has 7 heteroatoms. The number of aryl methyl sites for hydroxylation is 1. The van der Waals surface area contributed by atoms with Crippen LogP contribution in [0.4, 0.5) is 4.79 Å². The van der Waals surface area contributed by atoms with Crippen molar-refractivity contribution in [3.05, 3.63) is 29.6 Å². The Labute approximate surface area is 116 Å². The van der Waals surface area contributed by atoms with Gasteiger partial charge >= 0.3 is 12.0 Å². The Morgan fingerprint density at radius 3 is 2.90 bits per heavy atom. The zero-order chi connectivity index (χ0) is 14.7. The number of carboxylic acids is 1. The second-order valence-corrected chi connectivity index (χ2v) is 4.82. The van der Waals surface area contributed by atoms with Crippen molar-refractivity contribution in [1.82, 2.24) is 15.2 Å². The smallest absolute Gasteiger partial charge is 0.326 e. The molecule has 1 aliphatic rings. The first-order valence-electron chi connectivity index (χ1n) is 6.35. The van der Waals surface area contributed by atoms with E-state index < -0.39 is 24.1 Å². The number of pyridine rings is 1. The number of amides is 2. The van der Waals surface area contributed by atoms with Crippen LogP contribution in [0.3, 0.4) is 0 Å². The second-order valence-electron chi connectivity index (χ2n) is 4.82. The molecule has 0 unspecified atom stereocenters. The topological polar surface area (TPSA) is 103 Å². The fourth-order valence-corrected chi connectivity index (χ4v) is 2.24. The number of carbonyl (C=O) groups is 2. The van der Waals surface area contributed by atoms with Crippen LogP contribution in [0.5, 0.6) is 0 Å². The SMILES string of the molecule is Cc1cccc(CNC(=O)N2C[C@H](O)C[C@@H]2C(=O)O)n1. The molecule has 2 heterocycles. The number of aliphatic hydroxyl groups excluding tert-OH is 1. The molecule has 1 aliphatic heterocycles. The number of aromatic nitrogens is 1. The van der Waals surface area contributed by atoms with Gasteiger partial charge in [0.25, 0.3) is 0 Å². The average Bonchev–Trinajstić information content (AvgIpc) is 2.78. The van der Waals surface area contributed by atoms with E-state index in [0.29, 0.717) is 5.69 Å². The lowest BCUT2D eigenvalue weighted by Gasteiger charge is -2.21. The van der Waals surface area contributed by atoms with Crippen LogP contribution in [0.2, 0.25) is 0 Å². The maximum atomic E-state index is 12.0. The molecule has 3 N–H and O–H groups in total. The highest BCUT2D eigenvalue weighted by molar-refractivity contribution is 5.83. The molecule has 2 atom stereocenters. The largest absolute Gasteiger partial charge is 0.480 e. The number of nitrogens with one attached hydrogen (secondary N) is 1. The number of likely N-dealkylation sites (tertiary alicyclic amines) is 1. The maximum Gasteiger partial charge on any atom is 0.326 e. The molecule has 1 aromatic rings. The van der Waals surface area contributed by atoms with Gasteiger partial charge in [-0.15, -0.1) is 0 Å². The highest BCUT2D eigenvalue weighted by Gasteiger charge is 2.38. The Kier molecular flexibility index (Phi) is 4.19. The first kappa shape index (κ1) is 14.3. The summed E-state index contributed by atoms with van der Waals surface area (Å²) in [4.78, 5) is 28.4. The molecule has 1 fully saturated rings. The number of aliphatic carboxylic acids is 1. The van der Waals surface area contributed by atoms with Crippen molar-refractivity contribution in [2.75, 3.05) is 6.54 Å². The molecule has 2 rings (SSSR count). The van der Waals surface area contributed by atoms with Crippen LogP contribution in [0.15, 0.2) is 18.2 Å². The first-order valence-corrected chi connectivity index (χ1v) is 6.35. The van der Waals surface area contributed by atoms with Gasteiger partial charge in [-0.2, -0.15) is 0 Å².